The molecule has 148 valence electrons. The zero-order valence-corrected chi connectivity index (χ0v) is 17.5. The van der Waals surface area contributed by atoms with Gasteiger partial charge in [-0.1, -0.05) is 54.2 Å². The van der Waals surface area contributed by atoms with Crippen LogP contribution < -0.4 is 15.5 Å². The molecule has 5 heteroatoms. The molecule has 3 aromatic rings. The van der Waals surface area contributed by atoms with E-state index in [0.717, 1.165) is 33.4 Å². The minimum absolute atomic E-state index is 0.0152. The molecule has 0 radical (unpaired) electrons. The van der Waals surface area contributed by atoms with E-state index in [1.165, 1.54) is 0 Å². The maximum absolute atomic E-state index is 12.9. The number of para-hydroxylation sites is 3. The predicted molar refractivity (Wildman–Crippen MR) is 122 cm³/mol. The molecule has 1 aliphatic rings. The van der Waals surface area contributed by atoms with Crippen LogP contribution in [0.1, 0.15) is 13.8 Å². The van der Waals surface area contributed by atoms with Crippen molar-refractivity contribution in [2.75, 3.05) is 28.6 Å². The molecule has 4 nitrogen and oxygen atoms in total. The van der Waals surface area contributed by atoms with Crippen molar-refractivity contribution in [1.82, 2.24) is 0 Å². The number of hydrogen-bond donors (Lipinski definition) is 2. The van der Waals surface area contributed by atoms with E-state index < -0.39 is 0 Å². The highest BCUT2D eigenvalue weighted by Crippen LogP contribution is 2.35. The molecule has 29 heavy (non-hydrogen) atoms. The van der Waals surface area contributed by atoms with Crippen LogP contribution in [0.2, 0.25) is 0 Å². The smallest absolute Gasteiger partial charge is 0.243 e. The van der Waals surface area contributed by atoms with Gasteiger partial charge < -0.3 is 15.5 Å². The van der Waals surface area contributed by atoms with Crippen molar-refractivity contribution < 1.29 is 4.79 Å². The standard InChI is InChI=1S/C24H25N3OS/c1-24(2)17-27(21-14-8-6-12-19(21)26-24)16-23(28)25-20-13-7-9-15-22(20)29-18-10-4-3-5-11-18/h3-15,26H,16-17H2,1-2H3,(H,25,28). The van der Waals surface area contributed by atoms with Gasteiger partial charge in [0, 0.05) is 21.9 Å². The molecule has 0 atom stereocenters. The van der Waals surface area contributed by atoms with Crippen molar-refractivity contribution in [2.24, 2.45) is 0 Å². The maximum Gasteiger partial charge on any atom is 0.243 e. The van der Waals surface area contributed by atoms with Gasteiger partial charge in [0.05, 0.1) is 23.6 Å². The summed E-state index contributed by atoms with van der Waals surface area (Å²) in [5, 5.41) is 6.66. The molecule has 1 amide bonds. The number of anilines is 3. The van der Waals surface area contributed by atoms with Crippen LogP contribution in [-0.2, 0) is 4.79 Å². The fourth-order valence-corrected chi connectivity index (χ4v) is 4.52. The van der Waals surface area contributed by atoms with Crippen LogP contribution >= 0.6 is 11.8 Å². The summed E-state index contributed by atoms with van der Waals surface area (Å²) in [4.78, 5) is 17.3. The number of rotatable bonds is 5. The lowest BCUT2D eigenvalue weighted by Crippen LogP contribution is -2.50. The summed E-state index contributed by atoms with van der Waals surface area (Å²) in [6, 6.07) is 26.3. The molecule has 0 aromatic heterocycles. The SMILES string of the molecule is CC1(C)CN(CC(=O)Nc2ccccc2Sc2ccccc2)c2ccccc2N1. The Morgan fingerprint density at radius 2 is 1.69 bits per heavy atom. The highest BCUT2D eigenvalue weighted by Gasteiger charge is 2.30. The van der Waals surface area contributed by atoms with E-state index >= 15 is 0 Å². The van der Waals surface area contributed by atoms with Crippen molar-refractivity contribution in [3.05, 3.63) is 78.9 Å². The largest absolute Gasteiger partial charge is 0.377 e. The van der Waals surface area contributed by atoms with Crippen molar-refractivity contribution >= 4 is 34.7 Å². The number of carbonyl (C=O) groups is 1. The minimum atomic E-state index is -0.101. The highest BCUT2D eigenvalue weighted by molar-refractivity contribution is 7.99. The van der Waals surface area contributed by atoms with Crippen molar-refractivity contribution in [2.45, 2.75) is 29.2 Å². The van der Waals surface area contributed by atoms with Gasteiger partial charge in [0.2, 0.25) is 5.91 Å². The molecule has 1 heterocycles. The molecule has 3 aromatic carbocycles. The molecule has 0 spiro atoms. The Morgan fingerprint density at radius 3 is 2.52 bits per heavy atom. The van der Waals surface area contributed by atoms with Gasteiger partial charge >= 0.3 is 0 Å². The van der Waals surface area contributed by atoms with Crippen molar-refractivity contribution in [3.63, 3.8) is 0 Å². The van der Waals surface area contributed by atoms with Crippen LogP contribution in [0.3, 0.4) is 0 Å². The van der Waals surface area contributed by atoms with E-state index in [4.69, 9.17) is 0 Å². The molecule has 0 bridgehead atoms. The van der Waals surface area contributed by atoms with E-state index in [-0.39, 0.29) is 11.4 Å². The summed E-state index contributed by atoms with van der Waals surface area (Å²) < 4.78 is 0. The second kappa shape index (κ2) is 8.21. The predicted octanol–water partition coefficient (Wildman–Crippen LogP) is 5.49. The monoisotopic (exact) mass is 403 g/mol. The Hall–Kier alpha value is -2.92. The molecule has 0 unspecified atom stereocenters. The number of benzene rings is 3. The van der Waals surface area contributed by atoms with Gasteiger partial charge in [0.1, 0.15) is 0 Å². The summed E-state index contributed by atoms with van der Waals surface area (Å²) in [6.45, 7) is 5.38. The van der Waals surface area contributed by atoms with Crippen molar-refractivity contribution in [3.8, 4) is 0 Å². The Kier molecular flexibility index (Phi) is 5.49. The highest BCUT2D eigenvalue weighted by atomic mass is 32.2. The minimum Gasteiger partial charge on any atom is -0.377 e. The quantitative estimate of drug-likeness (QED) is 0.591. The van der Waals surface area contributed by atoms with Gasteiger partial charge in [-0.2, -0.15) is 0 Å². The third-order valence-electron chi connectivity index (χ3n) is 4.77. The Morgan fingerprint density at radius 1 is 1.00 bits per heavy atom. The second-order valence-corrected chi connectivity index (χ2v) is 8.96. The molecule has 0 aliphatic carbocycles. The molecule has 0 saturated heterocycles. The third kappa shape index (κ3) is 4.74. The lowest BCUT2D eigenvalue weighted by molar-refractivity contribution is -0.115. The van der Waals surface area contributed by atoms with Crippen molar-refractivity contribution in [1.29, 1.82) is 0 Å². The van der Waals surface area contributed by atoms with E-state index in [1.54, 1.807) is 11.8 Å². The van der Waals surface area contributed by atoms with Gasteiger partial charge in [-0.3, -0.25) is 4.79 Å². The average molecular weight is 404 g/mol. The van der Waals surface area contributed by atoms with Crippen LogP contribution in [0.5, 0.6) is 0 Å². The Balaban J connectivity index is 1.50. The first-order chi connectivity index (χ1) is 14.0. The fraction of sp³-hybridized carbons (Fsp3) is 0.208. The molecule has 0 fully saturated rings. The third-order valence-corrected chi connectivity index (χ3v) is 5.85. The number of carbonyl (C=O) groups excluding carboxylic acids is 1. The maximum atomic E-state index is 12.9. The molecular formula is C24H25N3OS. The number of hydrogen-bond acceptors (Lipinski definition) is 4. The zero-order valence-electron chi connectivity index (χ0n) is 16.7. The van der Waals surface area contributed by atoms with Crippen LogP contribution in [0, 0.1) is 0 Å². The molecular weight excluding hydrogens is 378 g/mol. The van der Waals surface area contributed by atoms with E-state index in [0.29, 0.717) is 6.54 Å². The van der Waals surface area contributed by atoms with Crippen LogP contribution in [0.4, 0.5) is 17.1 Å². The lowest BCUT2D eigenvalue weighted by atomic mass is 9.99. The number of nitrogens with one attached hydrogen (secondary N) is 2. The molecule has 4 rings (SSSR count). The van der Waals surface area contributed by atoms with Gasteiger partial charge in [0.25, 0.3) is 0 Å². The summed E-state index contributed by atoms with van der Waals surface area (Å²) in [7, 11) is 0. The number of amides is 1. The van der Waals surface area contributed by atoms with Crippen LogP contribution in [-0.4, -0.2) is 24.5 Å². The molecule has 1 aliphatic heterocycles. The summed E-state index contributed by atoms with van der Waals surface area (Å²) in [5.41, 5.74) is 2.87. The Bertz CT molecular complexity index is 1000. The molecule has 0 saturated carbocycles. The summed E-state index contributed by atoms with van der Waals surface area (Å²) in [5.74, 6) is -0.0152. The van der Waals surface area contributed by atoms with Gasteiger partial charge in [-0.25, -0.2) is 0 Å². The zero-order chi connectivity index (χ0) is 20.3. The first-order valence-electron chi connectivity index (χ1n) is 9.74. The van der Waals surface area contributed by atoms with Gasteiger partial charge in [-0.05, 0) is 50.2 Å². The first kappa shape index (κ1) is 19.4. The first-order valence-corrected chi connectivity index (χ1v) is 10.6. The van der Waals surface area contributed by atoms with Gasteiger partial charge in [-0.15, -0.1) is 0 Å². The number of nitrogens with zero attached hydrogens (tertiary/aromatic N) is 1. The summed E-state index contributed by atoms with van der Waals surface area (Å²) >= 11 is 1.65. The summed E-state index contributed by atoms with van der Waals surface area (Å²) in [6.07, 6.45) is 0. The van der Waals surface area contributed by atoms with Crippen LogP contribution in [0.15, 0.2) is 88.7 Å². The normalized spacial score (nSPS) is 14.6. The lowest BCUT2D eigenvalue weighted by Gasteiger charge is -2.41. The van der Waals surface area contributed by atoms with Crippen LogP contribution in [0.25, 0.3) is 0 Å². The van der Waals surface area contributed by atoms with Gasteiger partial charge in [0.15, 0.2) is 0 Å². The van der Waals surface area contributed by atoms with E-state index in [2.05, 4.69) is 53.6 Å². The second-order valence-electron chi connectivity index (χ2n) is 7.84. The number of fused-ring (bicyclic) bond motifs is 1. The topological polar surface area (TPSA) is 44.4 Å². The average Bonchev–Trinajstić information content (AvgIpc) is 2.69. The van der Waals surface area contributed by atoms with E-state index in [9.17, 15) is 4.79 Å². The Labute approximate surface area is 176 Å². The molecule has 2 N–H and O–H groups in total. The fourth-order valence-electron chi connectivity index (χ4n) is 3.60. The van der Waals surface area contributed by atoms with E-state index in [1.807, 2.05) is 54.6 Å².